The van der Waals surface area contributed by atoms with E-state index in [2.05, 4.69) is 5.32 Å². The zero-order valence-corrected chi connectivity index (χ0v) is 11.0. The maximum Gasteiger partial charge on any atom is 0.408 e. The van der Waals surface area contributed by atoms with E-state index in [1.165, 1.54) is 0 Å². The molecule has 2 N–H and O–H groups in total. The highest BCUT2D eigenvalue weighted by Crippen LogP contribution is 2.48. The third-order valence-corrected chi connectivity index (χ3v) is 2.91. The van der Waals surface area contributed by atoms with Crippen molar-refractivity contribution in [2.75, 3.05) is 0 Å². The number of phenolic OH excluding ortho intramolecular Hbond substituents is 1. The largest absolute Gasteiger partial charge is 0.508 e. The number of rotatable bonds is 2. The number of alkyl carbamates (subject to hydrolysis) is 1. The topological polar surface area (TPSA) is 58.6 Å². The number of aromatic hydroxyl groups is 1. The van der Waals surface area contributed by atoms with E-state index in [0.717, 1.165) is 18.4 Å². The molecule has 0 aliphatic heterocycles. The molecule has 0 aromatic heterocycles. The van der Waals surface area contributed by atoms with Gasteiger partial charge in [0.25, 0.3) is 0 Å². The first-order valence-electron chi connectivity index (χ1n) is 6.12. The predicted octanol–water partition coefficient (Wildman–Crippen LogP) is 2.91. The number of para-hydroxylation sites is 1. The number of hydrogen-bond acceptors (Lipinski definition) is 3. The van der Waals surface area contributed by atoms with Crippen LogP contribution in [0.3, 0.4) is 0 Å². The zero-order valence-electron chi connectivity index (χ0n) is 11.0. The number of carbonyl (C=O) groups excluding carboxylic acids is 1. The predicted molar refractivity (Wildman–Crippen MR) is 68.4 cm³/mol. The van der Waals surface area contributed by atoms with Gasteiger partial charge in [0.2, 0.25) is 0 Å². The van der Waals surface area contributed by atoms with Gasteiger partial charge in [-0.15, -0.1) is 0 Å². The first-order chi connectivity index (χ1) is 8.32. The van der Waals surface area contributed by atoms with Crippen LogP contribution in [-0.4, -0.2) is 16.8 Å². The van der Waals surface area contributed by atoms with E-state index in [0.29, 0.717) is 0 Å². The quantitative estimate of drug-likeness (QED) is 0.847. The second-order valence-corrected chi connectivity index (χ2v) is 5.73. The van der Waals surface area contributed by atoms with Crippen LogP contribution in [0, 0.1) is 0 Å². The Balaban J connectivity index is 2.10. The Hall–Kier alpha value is -1.71. The molecule has 0 saturated heterocycles. The van der Waals surface area contributed by atoms with Crippen LogP contribution in [0.5, 0.6) is 5.75 Å². The van der Waals surface area contributed by atoms with E-state index >= 15 is 0 Å². The molecule has 1 aliphatic carbocycles. The second-order valence-electron chi connectivity index (χ2n) is 5.73. The van der Waals surface area contributed by atoms with Gasteiger partial charge in [-0.3, -0.25) is 0 Å². The maximum absolute atomic E-state index is 11.8. The molecular weight excluding hydrogens is 230 g/mol. The summed E-state index contributed by atoms with van der Waals surface area (Å²) in [6, 6.07) is 7.08. The Morgan fingerprint density at radius 3 is 2.44 bits per heavy atom. The highest BCUT2D eigenvalue weighted by Gasteiger charge is 2.48. The molecule has 2 rings (SSSR count). The molecule has 98 valence electrons. The van der Waals surface area contributed by atoms with Gasteiger partial charge < -0.3 is 15.2 Å². The summed E-state index contributed by atoms with van der Waals surface area (Å²) in [4.78, 5) is 11.8. The molecule has 1 aliphatic rings. The molecule has 1 fully saturated rings. The van der Waals surface area contributed by atoms with Crippen LogP contribution in [-0.2, 0) is 10.3 Å². The van der Waals surface area contributed by atoms with Crippen LogP contribution >= 0.6 is 0 Å². The molecule has 0 bridgehead atoms. The minimum atomic E-state index is -0.515. The van der Waals surface area contributed by atoms with Crippen LogP contribution in [0.4, 0.5) is 4.79 Å². The Morgan fingerprint density at radius 2 is 1.94 bits per heavy atom. The van der Waals surface area contributed by atoms with Gasteiger partial charge >= 0.3 is 6.09 Å². The second kappa shape index (κ2) is 4.19. The van der Waals surface area contributed by atoms with Crippen LogP contribution in [0.25, 0.3) is 0 Å². The van der Waals surface area contributed by atoms with Crippen molar-refractivity contribution in [1.29, 1.82) is 0 Å². The monoisotopic (exact) mass is 249 g/mol. The van der Waals surface area contributed by atoms with E-state index < -0.39 is 17.2 Å². The van der Waals surface area contributed by atoms with E-state index in [-0.39, 0.29) is 5.75 Å². The van der Waals surface area contributed by atoms with Crippen molar-refractivity contribution < 1.29 is 14.6 Å². The molecule has 0 spiro atoms. The molecule has 1 aromatic carbocycles. The summed E-state index contributed by atoms with van der Waals surface area (Å²) in [5.41, 5.74) is -0.206. The third kappa shape index (κ3) is 2.75. The average molecular weight is 249 g/mol. The van der Waals surface area contributed by atoms with Gasteiger partial charge in [-0.05, 0) is 39.7 Å². The molecule has 0 atom stereocenters. The Kier molecular flexibility index (Phi) is 2.97. The van der Waals surface area contributed by atoms with Crippen molar-refractivity contribution in [3.63, 3.8) is 0 Å². The van der Waals surface area contributed by atoms with Gasteiger partial charge in [0.05, 0.1) is 5.54 Å². The highest BCUT2D eigenvalue weighted by atomic mass is 16.6. The summed E-state index contributed by atoms with van der Waals surface area (Å²) < 4.78 is 5.24. The van der Waals surface area contributed by atoms with Crippen molar-refractivity contribution in [1.82, 2.24) is 5.32 Å². The van der Waals surface area contributed by atoms with Gasteiger partial charge in [0.15, 0.2) is 0 Å². The summed E-state index contributed by atoms with van der Waals surface area (Å²) in [6.45, 7) is 5.48. The van der Waals surface area contributed by atoms with Gasteiger partial charge in [-0.1, -0.05) is 18.2 Å². The number of benzene rings is 1. The fourth-order valence-electron chi connectivity index (χ4n) is 1.96. The summed E-state index contributed by atoms with van der Waals surface area (Å²) in [6.07, 6.45) is 1.21. The lowest BCUT2D eigenvalue weighted by Crippen LogP contribution is -2.39. The number of phenols is 1. The number of carbonyl (C=O) groups is 1. The standard InChI is InChI=1S/C14H19NO3/c1-13(2,3)18-12(17)15-14(8-9-14)10-6-4-5-7-11(10)16/h4-7,16H,8-9H2,1-3H3,(H,15,17). The van der Waals surface area contributed by atoms with E-state index in [4.69, 9.17) is 4.74 Å². The SMILES string of the molecule is CC(C)(C)OC(=O)NC1(c2ccccc2O)CC1. The van der Waals surface area contributed by atoms with Crippen LogP contribution in [0.1, 0.15) is 39.2 Å². The molecule has 0 radical (unpaired) electrons. The van der Waals surface area contributed by atoms with Gasteiger partial charge in [0, 0.05) is 5.56 Å². The number of amides is 1. The first-order valence-corrected chi connectivity index (χ1v) is 6.12. The Bertz CT molecular complexity index is 458. The van der Waals surface area contributed by atoms with Crippen molar-refractivity contribution >= 4 is 6.09 Å². The molecule has 18 heavy (non-hydrogen) atoms. The molecule has 1 saturated carbocycles. The minimum Gasteiger partial charge on any atom is -0.508 e. The smallest absolute Gasteiger partial charge is 0.408 e. The lowest BCUT2D eigenvalue weighted by atomic mass is 10.0. The maximum atomic E-state index is 11.8. The number of nitrogens with one attached hydrogen (secondary N) is 1. The van der Waals surface area contributed by atoms with E-state index in [9.17, 15) is 9.90 Å². The van der Waals surface area contributed by atoms with Crippen molar-refractivity contribution in [2.24, 2.45) is 0 Å². The van der Waals surface area contributed by atoms with E-state index in [1.54, 1.807) is 12.1 Å². The molecule has 4 heteroatoms. The number of ether oxygens (including phenoxy) is 1. The highest BCUT2D eigenvalue weighted by molar-refractivity contribution is 5.70. The molecular formula is C14H19NO3. The fourth-order valence-corrected chi connectivity index (χ4v) is 1.96. The lowest BCUT2D eigenvalue weighted by molar-refractivity contribution is 0.0494. The molecule has 1 amide bonds. The fraction of sp³-hybridized carbons (Fsp3) is 0.500. The third-order valence-electron chi connectivity index (χ3n) is 2.91. The Labute approximate surface area is 107 Å². The molecule has 0 heterocycles. The first kappa shape index (κ1) is 12.7. The lowest BCUT2D eigenvalue weighted by Gasteiger charge is -2.24. The van der Waals surface area contributed by atoms with E-state index in [1.807, 2.05) is 32.9 Å². The summed E-state index contributed by atoms with van der Waals surface area (Å²) in [5, 5.41) is 12.7. The summed E-state index contributed by atoms with van der Waals surface area (Å²) >= 11 is 0. The average Bonchev–Trinajstić information content (AvgIpc) is 2.96. The van der Waals surface area contributed by atoms with Gasteiger partial charge in [-0.25, -0.2) is 4.79 Å². The van der Waals surface area contributed by atoms with Gasteiger partial charge in [0.1, 0.15) is 11.4 Å². The normalized spacial score (nSPS) is 17.1. The van der Waals surface area contributed by atoms with Crippen LogP contribution in [0.15, 0.2) is 24.3 Å². The molecule has 0 unspecified atom stereocenters. The van der Waals surface area contributed by atoms with Crippen molar-refractivity contribution in [2.45, 2.75) is 44.8 Å². The van der Waals surface area contributed by atoms with Crippen molar-refractivity contribution in [3.8, 4) is 5.75 Å². The van der Waals surface area contributed by atoms with Crippen LogP contribution < -0.4 is 5.32 Å². The minimum absolute atomic E-state index is 0.214. The summed E-state index contributed by atoms with van der Waals surface area (Å²) in [7, 11) is 0. The van der Waals surface area contributed by atoms with Crippen LogP contribution in [0.2, 0.25) is 0 Å². The van der Waals surface area contributed by atoms with Crippen molar-refractivity contribution in [3.05, 3.63) is 29.8 Å². The molecule has 4 nitrogen and oxygen atoms in total. The summed E-state index contributed by atoms with van der Waals surface area (Å²) in [5.74, 6) is 0.214. The number of hydrogen-bond donors (Lipinski definition) is 2. The van der Waals surface area contributed by atoms with Gasteiger partial charge in [-0.2, -0.15) is 0 Å². The molecule has 1 aromatic rings. The Morgan fingerprint density at radius 1 is 1.33 bits per heavy atom. The zero-order chi connectivity index (χ0) is 13.4.